The number of hydrogen-bond donors (Lipinski definition) is 0. The molecule has 6 aromatic heterocycles. The van der Waals surface area contributed by atoms with Gasteiger partial charge in [-0.2, -0.15) is 0 Å². The summed E-state index contributed by atoms with van der Waals surface area (Å²) in [6.45, 7) is 0. The molecule has 0 saturated carbocycles. The Morgan fingerprint density at radius 1 is 0.172 bits per heavy atom. The maximum Gasteiger partial charge on any atom is 0.235 e. The largest absolute Gasteiger partial charge is 0.309 e. The Bertz CT molecular complexity index is 8520. The third-order valence-electron chi connectivity index (χ3n) is 25.2. The molecule has 6 heterocycles. The van der Waals surface area contributed by atoms with E-state index in [4.69, 9.17) is 19.9 Å². The van der Waals surface area contributed by atoms with E-state index in [-0.39, 0.29) is 0 Å². The Hall–Kier alpha value is -16.4. The lowest BCUT2D eigenvalue weighted by Crippen LogP contribution is -2.04. The molecule has 0 atom stereocenters. The van der Waals surface area contributed by atoms with Crippen molar-refractivity contribution in [1.29, 1.82) is 0 Å². The second-order valence-corrected chi connectivity index (χ2v) is 31.9. The summed E-state index contributed by atoms with van der Waals surface area (Å²) in [6, 6.07) is 155. The predicted octanol–water partition coefficient (Wildman–Crippen LogP) is 29.6. The van der Waals surface area contributed by atoms with Crippen LogP contribution in [0.25, 0.3) is 243 Å². The zero-order valence-corrected chi connectivity index (χ0v) is 66.0. The quantitative estimate of drug-likeness (QED) is 0.122. The van der Waals surface area contributed by atoms with E-state index in [1.807, 2.05) is 0 Å². The van der Waals surface area contributed by atoms with E-state index < -0.39 is 0 Å². The lowest BCUT2D eigenvalue weighted by atomic mass is 9.92. The van der Waals surface area contributed by atoms with Crippen molar-refractivity contribution in [2.45, 2.75) is 0 Å². The summed E-state index contributed by atoms with van der Waals surface area (Å²) in [4.78, 5) is 22.8. The average molecular weight is 1550 g/mol. The second-order valence-electron chi connectivity index (χ2n) is 31.9. The summed E-state index contributed by atoms with van der Waals surface area (Å²) in [5.74, 6) is 1.18. The fraction of sp³-hybridized carbons (Fsp3) is 0. The number of hydrogen-bond acceptors (Lipinski definition) is 4. The summed E-state index contributed by atoms with van der Waals surface area (Å²) in [5, 5.41) is 15.6. The SMILES string of the molecule is c1ccc(-c2ccc(-c3nc(-n4c5ccccc5c5cc6ccccc6c(-c6ccc7c8cc(-c9cccc%10c9c9cc%11ccccc%11c(-c%11ccc(-n%12c%13ccccc%13c%13ccccc%13%12)cc%11)c9n%10-c9nc(-c%10ccc(-c%11ccccc%11)cc%10)c%10ccccc%10n9)ccc8n(-c8ccc(-c9ccccc9)cc8)c7c6)c54)nc4ccccc34)cc2)cc1. The van der Waals surface area contributed by atoms with Crippen LogP contribution in [0.1, 0.15) is 0 Å². The molecule has 0 fully saturated rings. The molecular weight excluding hydrogens is 1480 g/mol. The van der Waals surface area contributed by atoms with E-state index in [0.717, 1.165) is 204 Å². The van der Waals surface area contributed by atoms with E-state index in [9.17, 15) is 0 Å². The van der Waals surface area contributed by atoms with Crippen molar-refractivity contribution in [3.05, 3.63) is 425 Å². The van der Waals surface area contributed by atoms with Crippen LogP contribution in [0.5, 0.6) is 0 Å². The van der Waals surface area contributed by atoms with Crippen LogP contribution in [-0.2, 0) is 0 Å². The Morgan fingerprint density at radius 3 is 1.06 bits per heavy atom. The van der Waals surface area contributed by atoms with E-state index >= 15 is 0 Å². The summed E-state index contributed by atoms with van der Waals surface area (Å²) in [5.41, 5.74) is 29.6. The summed E-state index contributed by atoms with van der Waals surface area (Å²) < 4.78 is 9.58. The van der Waals surface area contributed by atoms with Gasteiger partial charge in [0, 0.05) is 87.5 Å². The molecule has 0 aliphatic carbocycles. The minimum absolute atomic E-state index is 0.581. The van der Waals surface area contributed by atoms with Gasteiger partial charge < -0.3 is 9.13 Å². The van der Waals surface area contributed by atoms with Crippen molar-refractivity contribution < 1.29 is 0 Å². The van der Waals surface area contributed by atoms with Gasteiger partial charge in [-0.05, 0) is 168 Å². The maximum atomic E-state index is 5.84. The van der Waals surface area contributed by atoms with Gasteiger partial charge in [-0.3, -0.25) is 9.13 Å². The first-order valence-corrected chi connectivity index (χ1v) is 41.7. The highest BCUT2D eigenvalue weighted by Gasteiger charge is 2.29. The molecule has 0 aliphatic rings. The van der Waals surface area contributed by atoms with Gasteiger partial charge in [-0.15, -0.1) is 0 Å². The van der Waals surface area contributed by atoms with Crippen LogP contribution in [0, 0.1) is 0 Å². The molecule has 25 rings (SSSR count). The number of benzene rings is 19. The van der Waals surface area contributed by atoms with Crippen molar-refractivity contribution in [3.8, 4) is 113 Å². The van der Waals surface area contributed by atoms with Crippen molar-refractivity contribution in [2.75, 3.05) is 0 Å². The van der Waals surface area contributed by atoms with Gasteiger partial charge in [-0.1, -0.05) is 334 Å². The van der Waals surface area contributed by atoms with Crippen LogP contribution in [0.3, 0.4) is 0 Å². The van der Waals surface area contributed by atoms with Crippen LogP contribution in [-0.4, -0.2) is 38.2 Å². The van der Waals surface area contributed by atoms with E-state index in [1.54, 1.807) is 0 Å². The molecule has 19 aromatic carbocycles. The molecule has 0 unspecified atom stereocenters. The van der Waals surface area contributed by atoms with Gasteiger partial charge >= 0.3 is 0 Å². The molecule has 122 heavy (non-hydrogen) atoms. The van der Waals surface area contributed by atoms with Gasteiger partial charge in [0.1, 0.15) is 0 Å². The smallest absolute Gasteiger partial charge is 0.235 e. The summed E-state index contributed by atoms with van der Waals surface area (Å²) in [7, 11) is 0. The summed E-state index contributed by atoms with van der Waals surface area (Å²) in [6.07, 6.45) is 0. The Labute approximate surface area is 701 Å². The van der Waals surface area contributed by atoms with Crippen LogP contribution in [0.15, 0.2) is 425 Å². The molecule has 0 aliphatic heterocycles. The highest BCUT2D eigenvalue weighted by molar-refractivity contribution is 6.26. The molecule has 0 saturated heterocycles. The highest BCUT2D eigenvalue weighted by atomic mass is 15.2. The Balaban J connectivity index is 0.723. The van der Waals surface area contributed by atoms with Crippen LogP contribution in [0.2, 0.25) is 0 Å². The molecule has 0 spiro atoms. The Morgan fingerprint density at radius 2 is 0.525 bits per heavy atom. The molecule has 0 N–H and O–H groups in total. The molecular formula is C114H70N8. The molecule has 0 radical (unpaired) electrons. The third-order valence-corrected chi connectivity index (χ3v) is 25.2. The normalized spacial score (nSPS) is 11.9. The number of aromatic nitrogens is 8. The van der Waals surface area contributed by atoms with Gasteiger partial charge in [0.05, 0.1) is 66.6 Å². The molecule has 0 bridgehead atoms. The standard InChI is InChI=1S/C114H70N8/c1-4-25-71(26-5-1)74-47-51-78(52-48-74)109-93-38-14-19-41-98(93)115-113(117-109)121-102-45-23-18-37-91(102)96-68-80-31-10-13-34-87(80)107(111(96)121)83-59-65-92-95-67-82(60-66-103(95)120(105(92)70-83)85-61-55-76(56-62-85)73-29-8-3-9-30-73)88-40-24-46-104-108(88)97-69-81-32-11-12-33-86(81)106(77-57-63-84(64-58-77)119-100-43-21-16-35-89(100)90-36-17-22-44-101(90)119)112(97)122(104)114-116-99-42-20-15-39-94(99)110(118-114)79-53-49-75(50-54-79)72-27-6-2-7-28-72/h1-70H. The van der Waals surface area contributed by atoms with Crippen molar-refractivity contribution in [3.63, 3.8) is 0 Å². The molecule has 8 nitrogen and oxygen atoms in total. The fourth-order valence-electron chi connectivity index (χ4n) is 19.6. The minimum Gasteiger partial charge on any atom is -0.309 e. The van der Waals surface area contributed by atoms with Crippen LogP contribution >= 0.6 is 0 Å². The fourth-order valence-corrected chi connectivity index (χ4v) is 19.6. The highest BCUT2D eigenvalue weighted by Crippen LogP contribution is 2.50. The predicted molar refractivity (Wildman–Crippen MR) is 508 cm³/mol. The second kappa shape index (κ2) is 27.6. The van der Waals surface area contributed by atoms with Crippen molar-refractivity contribution in [1.82, 2.24) is 38.2 Å². The van der Waals surface area contributed by atoms with Gasteiger partial charge in [-0.25, -0.2) is 19.9 Å². The van der Waals surface area contributed by atoms with E-state index in [0.29, 0.717) is 11.9 Å². The minimum atomic E-state index is 0.581. The van der Waals surface area contributed by atoms with Crippen molar-refractivity contribution >= 4 is 131 Å². The maximum absolute atomic E-state index is 5.84. The first-order chi connectivity index (χ1) is 60.5. The van der Waals surface area contributed by atoms with Crippen LogP contribution < -0.4 is 0 Å². The zero-order valence-electron chi connectivity index (χ0n) is 66.0. The van der Waals surface area contributed by atoms with Gasteiger partial charge in [0.15, 0.2) is 0 Å². The van der Waals surface area contributed by atoms with Crippen molar-refractivity contribution in [2.24, 2.45) is 0 Å². The summed E-state index contributed by atoms with van der Waals surface area (Å²) >= 11 is 0. The zero-order chi connectivity index (χ0) is 80.0. The molecule has 8 heteroatoms. The van der Waals surface area contributed by atoms with Gasteiger partial charge in [0.2, 0.25) is 11.9 Å². The average Bonchev–Trinajstić information content (AvgIpc) is 1.55. The van der Waals surface area contributed by atoms with E-state index in [1.165, 1.54) is 27.4 Å². The van der Waals surface area contributed by atoms with Gasteiger partial charge in [0.25, 0.3) is 0 Å². The molecule has 566 valence electrons. The lowest BCUT2D eigenvalue weighted by molar-refractivity contribution is 1.01. The molecule has 25 aromatic rings. The topological polar surface area (TPSA) is 71.3 Å². The first kappa shape index (κ1) is 68.8. The number of rotatable bonds is 12. The Kier molecular flexibility index (Phi) is 15.6. The number of nitrogens with zero attached hydrogens (tertiary/aromatic N) is 8. The van der Waals surface area contributed by atoms with E-state index in [2.05, 4.69) is 443 Å². The lowest BCUT2D eigenvalue weighted by Gasteiger charge is -2.16. The third kappa shape index (κ3) is 10.9. The number of para-hydroxylation sites is 5. The molecule has 0 amide bonds. The first-order valence-electron chi connectivity index (χ1n) is 41.7. The monoisotopic (exact) mass is 1550 g/mol. The number of fused-ring (bicyclic) bond motifs is 16. The van der Waals surface area contributed by atoms with Crippen LogP contribution in [0.4, 0.5) is 0 Å².